The summed E-state index contributed by atoms with van der Waals surface area (Å²) >= 11 is 0. The first-order valence-corrected chi connectivity index (χ1v) is 5.18. The van der Waals surface area contributed by atoms with Crippen molar-refractivity contribution in [3.8, 4) is 0 Å². The summed E-state index contributed by atoms with van der Waals surface area (Å²) in [5.41, 5.74) is -0.510. The summed E-state index contributed by atoms with van der Waals surface area (Å²) in [5, 5.41) is 0. The molecule has 0 bridgehead atoms. The molecule has 0 radical (unpaired) electrons. The highest BCUT2D eigenvalue weighted by molar-refractivity contribution is 5.78. The Morgan fingerprint density at radius 1 is 1.57 bits per heavy atom. The van der Waals surface area contributed by atoms with Crippen LogP contribution in [0, 0.1) is 11.3 Å². The predicted molar refractivity (Wildman–Crippen MR) is 59.0 cm³/mol. The molecule has 0 heterocycles. The smallest absolute Gasteiger partial charge is 0.315 e. The fourth-order valence-corrected chi connectivity index (χ4v) is 1.40. The number of methoxy groups -OCH3 is 1. The number of hydrogen-bond acceptors (Lipinski definition) is 2. The molecular formula is C12H22O2. The maximum absolute atomic E-state index is 11.4. The van der Waals surface area contributed by atoms with Crippen LogP contribution >= 0.6 is 0 Å². The molecule has 0 unspecified atom stereocenters. The SMILES string of the molecule is C=C[C@](C)(CCCC(C)C)C(=O)OC. The van der Waals surface area contributed by atoms with Gasteiger partial charge in [-0.3, -0.25) is 4.79 Å². The Labute approximate surface area is 87.3 Å². The fraction of sp³-hybridized carbons (Fsp3) is 0.750. The van der Waals surface area contributed by atoms with E-state index in [4.69, 9.17) is 4.74 Å². The Morgan fingerprint density at radius 3 is 2.50 bits per heavy atom. The molecule has 0 fully saturated rings. The number of hydrogen-bond donors (Lipinski definition) is 0. The topological polar surface area (TPSA) is 26.3 Å². The molecule has 0 amide bonds. The third kappa shape index (κ3) is 3.95. The van der Waals surface area contributed by atoms with Crippen molar-refractivity contribution >= 4 is 5.97 Å². The molecule has 0 saturated heterocycles. The molecule has 1 atom stereocenters. The Kier molecular flexibility index (Phi) is 5.51. The van der Waals surface area contributed by atoms with Crippen LogP contribution in [0.15, 0.2) is 12.7 Å². The third-order valence-corrected chi connectivity index (χ3v) is 2.58. The predicted octanol–water partition coefficient (Wildman–Crippen LogP) is 3.18. The van der Waals surface area contributed by atoms with E-state index >= 15 is 0 Å². The van der Waals surface area contributed by atoms with E-state index in [2.05, 4.69) is 20.4 Å². The molecule has 2 nitrogen and oxygen atoms in total. The van der Waals surface area contributed by atoms with Crippen LogP contribution in [0.5, 0.6) is 0 Å². The molecule has 0 aromatic rings. The van der Waals surface area contributed by atoms with Crippen molar-refractivity contribution in [1.29, 1.82) is 0 Å². The zero-order valence-electron chi connectivity index (χ0n) is 9.80. The molecule has 0 aromatic carbocycles. The maximum Gasteiger partial charge on any atom is 0.315 e. The number of ether oxygens (including phenoxy) is 1. The zero-order chi connectivity index (χ0) is 11.2. The minimum absolute atomic E-state index is 0.184. The lowest BCUT2D eigenvalue weighted by molar-refractivity contribution is -0.149. The maximum atomic E-state index is 11.4. The molecule has 0 N–H and O–H groups in total. The third-order valence-electron chi connectivity index (χ3n) is 2.58. The van der Waals surface area contributed by atoms with Crippen molar-refractivity contribution in [1.82, 2.24) is 0 Å². The van der Waals surface area contributed by atoms with Gasteiger partial charge in [-0.1, -0.05) is 32.8 Å². The van der Waals surface area contributed by atoms with Crippen molar-refractivity contribution in [3.05, 3.63) is 12.7 Å². The molecule has 0 spiro atoms. The summed E-state index contributed by atoms with van der Waals surface area (Å²) in [7, 11) is 1.42. The highest BCUT2D eigenvalue weighted by Gasteiger charge is 2.30. The van der Waals surface area contributed by atoms with E-state index < -0.39 is 5.41 Å². The van der Waals surface area contributed by atoms with Gasteiger partial charge in [0.1, 0.15) is 0 Å². The first-order valence-electron chi connectivity index (χ1n) is 5.18. The minimum Gasteiger partial charge on any atom is -0.468 e. The van der Waals surface area contributed by atoms with Crippen LogP contribution in [0.3, 0.4) is 0 Å². The van der Waals surface area contributed by atoms with Gasteiger partial charge in [-0.2, -0.15) is 0 Å². The largest absolute Gasteiger partial charge is 0.468 e. The summed E-state index contributed by atoms with van der Waals surface area (Å²) in [6, 6.07) is 0. The molecule has 0 rings (SSSR count). The van der Waals surface area contributed by atoms with Crippen LogP contribution in [-0.2, 0) is 9.53 Å². The van der Waals surface area contributed by atoms with Gasteiger partial charge in [0.15, 0.2) is 0 Å². The lowest BCUT2D eigenvalue weighted by Crippen LogP contribution is -2.26. The second-order valence-electron chi connectivity index (χ2n) is 4.40. The van der Waals surface area contributed by atoms with Crippen LogP contribution in [0.4, 0.5) is 0 Å². The minimum atomic E-state index is -0.510. The monoisotopic (exact) mass is 198 g/mol. The Balaban J connectivity index is 4.13. The van der Waals surface area contributed by atoms with Crippen LogP contribution < -0.4 is 0 Å². The molecule has 0 aliphatic heterocycles. The number of rotatable bonds is 6. The van der Waals surface area contributed by atoms with E-state index in [1.165, 1.54) is 7.11 Å². The lowest BCUT2D eigenvalue weighted by atomic mass is 9.84. The van der Waals surface area contributed by atoms with E-state index in [-0.39, 0.29) is 5.97 Å². The average molecular weight is 198 g/mol. The second-order valence-corrected chi connectivity index (χ2v) is 4.40. The van der Waals surface area contributed by atoms with E-state index in [0.717, 1.165) is 19.3 Å². The van der Waals surface area contributed by atoms with Crippen molar-refractivity contribution in [3.63, 3.8) is 0 Å². The molecular weight excluding hydrogens is 176 g/mol. The molecule has 0 saturated carbocycles. The van der Waals surface area contributed by atoms with Crippen LogP contribution in [0.2, 0.25) is 0 Å². The normalized spacial score (nSPS) is 14.9. The Morgan fingerprint density at radius 2 is 2.14 bits per heavy atom. The van der Waals surface area contributed by atoms with Gasteiger partial charge in [-0.05, 0) is 19.3 Å². The Bertz CT molecular complexity index is 196. The zero-order valence-corrected chi connectivity index (χ0v) is 9.80. The van der Waals surface area contributed by atoms with E-state index in [0.29, 0.717) is 5.92 Å². The lowest BCUT2D eigenvalue weighted by Gasteiger charge is -2.22. The molecule has 0 aliphatic rings. The van der Waals surface area contributed by atoms with Crippen LogP contribution in [0.1, 0.15) is 40.0 Å². The van der Waals surface area contributed by atoms with Gasteiger partial charge < -0.3 is 4.74 Å². The summed E-state index contributed by atoms with van der Waals surface area (Å²) < 4.78 is 4.75. The van der Waals surface area contributed by atoms with Crippen molar-refractivity contribution in [2.75, 3.05) is 7.11 Å². The molecule has 82 valence electrons. The van der Waals surface area contributed by atoms with Crippen molar-refractivity contribution in [2.24, 2.45) is 11.3 Å². The first-order chi connectivity index (χ1) is 6.46. The molecule has 2 heteroatoms. The highest BCUT2D eigenvalue weighted by Crippen LogP contribution is 2.27. The van der Waals surface area contributed by atoms with Gasteiger partial charge in [-0.25, -0.2) is 0 Å². The summed E-state index contributed by atoms with van der Waals surface area (Å²) in [4.78, 5) is 11.4. The summed E-state index contributed by atoms with van der Waals surface area (Å²) in [5.74, 6) is 0.498. The fourth-order valence-electron chi connectivity index (χ4n) is 1.40. The number of esters is 1. The number of carbonyl (C=O) groups is 1. The van der Waals surface area contributed by atoms with E-state index in [1.54, 1.807) is 6.08 Å². The van der Waals surface area contributed by atoms with Gasteiger partial charge in [0.05, 0.1) is 12.5 Å². The van der Waals surface area contributed by atoms with E-state index in [9.17, 15) is 4.79 Å². The van der Waals surface area contributed by atoms with Gasteiger partial charge in [0.2, 0.25) is 0 Å². The molecule has 0 aromatic heterocycles. The molecule has 0 aliphatic carbocycles. The van der Waals surface area contributed by atoms with Crippen molar-refractivity contribution < 1.29 is 9.53 Å². The summed E-state index contributed by atoms with van der Waals surface area (Å²) in [6.45, 7) is 9.95. The number of carbonyl (C=O) groups excluding carboxylic acids is 1. The van der Waals surface area contributed by atoms with Gasteiger partial charge >= 0.3 is 5.97 Å². The highest BCUT2D eigenvalue weighted by atomic mass is 16.5. The summed E-state index contributed by atoms with van der Waals surface area (Å²) in [6.07, 6.45) is 4.69. The second kappa shape index (κ2) is 5.84. The Hall–Kier alpha value is -0.790. The first kappa shape index (κ1) is 13.2. The van der Waals surface area contributed by atoms with Crippen LogP contribution in [-0.4, -0.2) is 13.1 Å². The van der Waals surface area contributed by atoms with Gasteiger partial charge in [0.25, 0.3) is 0 Å². The van der Waals surface area contributed by atoms with Crippen molar-refractivity contribution in [2.45, 2.75) is 40.0 Å². The van der Waals surface area contributed by atoms with Gasteiger partial charge in [0, 0.05) is 0 Å². The van der Waals surface area contributed by atoms with E-state index in [1.807, 2.05) is 6.92 Å². The quantitative estimate of drug-likeness (QED) is 0.484. The van der Waals surface area contributed by atoms with Crippen LogP contribution in [0.25, 0.3) is 0 Å². The average Bonchev–Trinajstić information content (AvgIpc) is 2.15. The standard InChI is InChI=1S/C12H22O2/c1-6-12(4,11(13)14-5)9-7-8-10(2)3/h6,10H,1,7-9H2,2-5H3/t12-/m1/s1. The van der Waals surface area contributed by atoms with Gasteiger partial charge in [-0.15, -0.1) is 6.58 Å². The molecule has 14 heavy (non-hydrogen) atoms.